The van der Waals surface area contributed by atoms with E-state index in [0.29, 0.717) is 13.0 Å². The number of thiazole rings is 1. The lowest BCUT2D eigenvalue weighted by molar-refractivity contribution is -0.121. The number of aromatic nitrogens is 1. The molecule has 0 saturated heterocycles. The molecule has 0 spiro atoms. The Balaban J connectivity index is 1.69. The van der Waals surface area contributed by atoms with Crippen molar-refractivity contribution in [3.63, 3.8) is 0 Å². The third kappa shape index (κ3) is 4.46. The molecule has 0 atom stereocenters. The number of hydrogen-bond donors (Lipinski definition) is 1. The summed E-state index contributed by atoms with van der Waals surface area (Å²) in [6.45, 7) is 4.71. The normalized spacial score (nSPS) is 10.5. The number of carbonyl (C=O) groups is 1. The van der Waals surface area contributed by atoms with Crippen LogP contribution >= 0.6 is 11.3 Å². The summed E-state index contributed by atoms with van der Waals surface area (Å²) in [5.74, 6) is 0.117. The van der Waals surface area contributed by atoms with E-state index >= 15 is 0 Å². The van der Waals surface area contributed by atoms with Gasteiger partial charge in [-0.05, 0) is 32.3 Å². The van der Waals surface area contributed by atoms with Crippen molar-refractivity contribution in [1.82, 2.24) is 10.3 Å². The second-order valence-corrected chi connectivity index (χ2v) is 6.11. The molecule has 0 aliphatic heterocycles. The Bertz CT molecular complexity index is 563. The first-order chi connectivity index (χ1) is 9.65. The van der Waals surface area contributed by atoms with Crippen LogP contribution < -0.4 is 5.32 Å². The van der Waals surface area contributed by atoms with Crippen molar-refractivity contribution in [3.8, 4) is 0 Å². The Morgan fingerprint density at radius 2 is 1.95 bits per heavy atom. The van der Waals surface area contributed by atoms with E-state index in [0.717, 1.165) is 23.5 Å². The number of nitrogens with one attached hydrogen (secondary N) is 1. The topological polar surface area (TPSA) is 42.0 Å². The molecule has 106 valence electrons. The molecule has 2 rings (SSSR count). The van der Waals surface area contributed by atoms with Crippen LogP contribution in [0.5, 0.6) is 0 Å². The third-order valence-electron chi connectivity index (χ3n) is 3.16. The number of amides is 1. The number of hydrogen-bond acceptors (Lipinski definition) is 3. The lowest BCUT2D eigenvalue weighted by Crippen LogP contribution is -2.25. The summed E-state index contributed by atoms with van der Waals surface area (Å²) in [6.07, 6.45) is 2.21. The summed E-state index contributed by atoms with van der Waals surface area (Å²) >= 11 is 1.69. The minimum atomic E-state index is 0.117. The van der Waals surface area contributed by atoms with Gasteiger partial charge in [0.15, 0.2) is 0 Å². The molecular weight excluding hydrogens is 268 g/mol. The molecule has 4 heteroatoms. The Hall–Kier alpha value is -1.68. The van der Waals surface area contributed by atoms with E-state index in [1.807, 2.05) is 32.0 Å². The maximum Gasteiger partial charge on any atom is 0.220 e. The average molecular weight is 288 g/mol. The fraction of sp³-hybridized carbons (Fsp3) is 0.375. The predicted molar refractivity (Wildman–Crippen MR) is 83.1 cm³/mol. The Morgan fingerprint density at radius 3 is 2.60 bits per heavy atom. The van der Waals surface area contributed by atoms with E-state index in [1.165, 1.54) is 10.4 Å². The Labute approximate surface area is 124 Å². The molecule has 0 radical (unpaired) electrons. The van der Waals surface area contributed by atoms with Gasteiger partial charge in [-0.25, -0.2) is 4.98 Å². The first-order valence-electron chi connectivity index (χ1n) is 6.88. The third-order valence-corrected chi connectivity index (χ3v) is 4.29. The lowest BCUT2D eigenvalue weighted by Gasteiger charge is -2.05. The van der Waals surface area contributed by atoms with E-state index in [1.54, 1.807) is 11.3 Å². The minimum Gasteiger partial charge on any atom is -0.356 e. The number of aryl methyl sites for hydroxylation is 3. The van der Waals surface area contributed by atoms with Crippen molar-refractivity contribution >= 4 is 17.2 Å². The van der Waals surface area contributed by atoms with Crippen molar-refractivity contribution in [2.24, 2.45) is 0 Å². The van der Waals surface area contributed by atoms with Gasteiger partial charge in [0.2, 0.25) is 5.91 Å². The first-order valence-corrected chi connectivity index (χ1v) is 7.70. The van der Waals surface area contributed by atoms with Crippen LogP contribution in [0.15, 0.2) is 30.3 Å². The van der Waals surface area contributed by atoms with Gasteiger partial charge in [0.25, 0.3) is 0 Å². The van der Waals surface area contributed by atoms with Crippen molar-refractivity contribution in [2.45, 2.75) is 33.1 Å². The fourth-order valence-electron chi connectivity index (χ4n) is 2.11. The summed E-state index contributed by atoms with van der Waals surface area (Å²) in [7, 11) is 0. The molecule has 2 aromatic rings. The summed E-state index contributed by atoms with van der Waals surface area (Å²) in [4.78, 5) is 17.4. The van der Waals surface area contributed by atoms with Crippen molar-refractivity contribution in [3.05, 3.63) is 51.5 Å². The van der Waals surface area contributed by atoms with Crippen molar-refractivity contribution in [1.29, 1.82) is 0 Å². The van der Waals surface area contributed by atoms with Gasteiger partial charge in [0.1, 0.15) is 0 Å². The van der Waals surface area contributed by atoms with E-state index in [9.17, 15) is 4.79 Å². The van der Waals surface area contributed by atoms with Gasteiger partial charge < -0.3 is 5.32 Å². The molecule has 1 aromatic heterocycles. The molecular formula is C16H20N2OS. The second-order valence-electron chi connectivity index (χ2n) is 4.83. The van der Waals surface area contributed by atoms with Crippen LogP contribution in [0.1, 0.15) is 27.6 Å². The maximum atomic E-state index is 11.8. The van der Waals surface area contributed by atoms with Crippen LogP contribution in [-0.4, -0.2) is 17.4 Å². The zero-order chi connectivity index (χ0) is 14.4. The quantitative estimate of drug-likeness (QED) is 0.887. The van der Waals surface area contributed by atoms with Crippen LogP contribution in [-0.2, 0) is 17.6 Å². The molecule has 0 aliphatic carbocycles. The molecule has 1 amide bonds. The highest BCUT2D eigenvalue weighted by molar-refractivity contribution is 7.11. The summed E-state index contributed by atoms with van der Waals surface area (Å²) in [5, 5.41) is 4.04. The highest BCUT2D eigenvalue weighted by Crippen LogP contribution is 2.18. The second kappa shape index (κ2) is 7.20. The summed E-state index contributed by atoms with van der Waals surface area (Å²) < 4.78 is 0. The van der Waals surface area contributed by atoms with Gasteiger partial charge in [0.05, 0.1) is 10.7 Å². The number of benzene rings is 1. The van der Waals surface area contributed by atoms with E-state index in [4.69, 9.17) is 0 Å². The van der Waals surface area contributed by atoms with Gasteiger partial charge in [0, 0.05) is 17.8 Å². The molecule has 1 N–H and O–H groups in total. The lowest BCUT2D eigenvalue weighted by atomic mass is 10.1. The van der Waals surface area contributed by atoms with Gasteiger partial charge >= 0.3 is 0 Å². The van der Waals surface area contributed by atoms with Crippen molar-refractivity contribution < 1.29 is 4.79 Å². The molecule has 0 bridgehead atoms. The minimum absolute atomic E-state index is 0.117. The molecule has 20 heavy (non-hydrogen) atoms. The van der Waals surface area contributed by atoms with Gasteiger partial charge in [-0.1, -0.05) is 30.3 Å². The van der Waals surface area contributed by atoms with E-state index in [-0.39, 0.29) is 5.91 Å². The van der Waals surface area contributed by atoms with E-state index in [2.05, 4.69) is 22.4 Å². The smallest absolute Gasteiger partial charge is 0.220 e. The number of carbonyl (C=O) groups excluding carboxylic acids is 1. The summed E-state index contributed by atoms with van der Waals surface area (Å²) in [6, 6.07) is 10.2. The zero-order valence-electron chi connectivity index (χ0n) is 12.0. The molecule has 0 saturated carbocycles. The molecule has 0 fully saturated rings. The monoisotopic (exact) mass is 288 g/mol. The molecule has 0 aliphatic rings. The number of rotatable bonds is 6. The largest absolute Gasteiger partial charge is 0.356 e. The summed E-state index contributed by atoms with van der Waals surface area (Å²) in [5.41, 5.74) is 2.31. The van der Waals surface area contributed by atoms with Crippen LogP contribution in [0.3, 0.4) is 0 Å². The number of nitrogens with zero attached hydrogens (tertiary/aromatic N) is 1. The van der Waals surface area contributed by atoms with E-state index < -0.39 is 0 Å². The molecule has 1 aromatic carbocycles. The molecule has 0 unspecified atom stereocenters. The predicted octanol–water partition coefficient (Wildman–Crippen LogP) is 3.05. The highest BCUT2D eigenvalue weighted by Gasteiger charge is 2.07. The zero-order valence-corrected chi connectivity index (χ0v) is 12.8. The fourth-order valence-corrected chi connectivity index (χ4v) is 3.05. The van der Waals surface area contributed by atoms with Crippen molar-refractivity contribution in [2.75, 3.05) is 6.54 Å². The van der Waals surface area contributed by atoms with Gasteiger partial charge in [-0.2, -0.15) is 0 Å². The van der Waals surface area contributed by atoms with Gasteiger partial charge in [-0.3, -0.25) is 4.79 Å². The average Bonchev–Trinajstić information content (AvgIpc) is 2.76. The SMILES string of the molecule is Cc1nc(C)c(CCC(=O)NCCc2ccccc2)s1. The standard InChI is InChI=1S/C16H20N2OS/c1-12-15(20-13(2)18-12)8-9-16(19)17-11-10-14-6-4-3-5-7-14/h3-7H,8-11H2,1-2H3,(H,17,19). The van der Waals surface area contributed by atoms with Gasteiger partial charge in [-0.15, -0.1) is 11.3 Å². The molecule has 3 nitrogen and oxygen atoms in total. The Morgan fingerprint density at radius 1 is 1.20 bits per heavy atom. The van der Waals surface area contributed by atoms with Crippen LogP contribution in [0.25, 0.3) is 0 Å². The first kappa shape index (κ1) is 14.7. The Kier molecular flexibility index (Phi) is 5.30. The van der Waals surface area contributed by atoms with Crippen LogP contribution in [0, 0.1) is 13.8 Å². The van der Waals surface area contributed by atoms with Crippen LogP contribution in [0.2, 0.25) is 0 Å². The molecule has 1 heterocycles. The van der Waals surface area contributed by atoms with Crippen LogP contribution in [0.4, 0.5) is 0 Å². The highest BCUT2D eigenvalue weighted by atomic mass is 32.1. The maximum absolute atomic E-state index is 11.8.